The fourth-order valence-corrected chi connectivity index (χ4v) is 3.13. The van der Waals surface area contributed by atoms with Crippen molar-refractivity contribution in [1.29, 1.82) is 0 Å². The molecule has 6 heteroatoms. The Morgan fingerprint density at radius 1 is 1.25 bits per heavy atom. The molecule has 1 saturated carbocycles. The fraction of sp³-hybridized carbons (Fsp3) is 0.444. The highest BCUT2D eigenvalue weighted by atomic mass is 35.5. The molecule has 0 saturated heterocycles. The van der Waals surface area contributed by atoms with Crippen molar-refractivity contribution in [3.8, 4) is 0 Å². The van der Waals surface area contributed by atoms with Gasteiger partial charge in [0.1, 0.15) is 5.58 Å². The fourth-order valence-electron chi connectivity index (χ4n) is 2.95. The maximum absolute atomic E-state index is 12.2. The number of carbonyl (C=O) groups excluding carboxylic acids is 2. The summed E-state index contributed by atoms with van der Waals surface area (Å²) in [6.07, 6.45) is 4.57. The summed E-state index contributed by atoms with van der Waals surface area (Å²) in [7, 11) is 0. The van der Waals surface area contributed by atoms with Crippen LogP contribution in [-0.2, 0) is 9.53 Å². The number of hydrogen-bond acceptors (Lipinski definition) is 4. The molecule has 3 rings (SSSR count). The van der Waals surface area contributed by atoms with E-state index in [4.69, 9.17) is 20.8 Å². The molecule has 1 atom stereocenters. The summed E-state index contributed by atoms with van der Waals surface area (Å²) in [5.41, 5.74) is 0.547. The molecule has 1 N–H and O–H groups in total. The van der Waals surface area contributed by atoms with E-state index in [0.717, 1.165) is 25.7 Å². The Bertz CT molecular complexity index is 749. The average Bonchev–Trinajstić information content (AvgIpc) is 2.99. The van der Waals surface area contributed by atoms with Crippen LogP contribution in [0.5, 0.6) is 0 Å². The van der Waals surface area contributed by atoms with Crippen LogP contribution >= 0.6 is 11.6 Å². The van der Waals surface area contributed by atoms with Crippen LogP contribution in [0.3, 0.4) is 0 Å². The van der Waals surface area contributed by atoms with E-state index >= 15 is 0 Å². The number of benzene rings is 1. The van der Waals surface area contributed by atoms with Crippen molar-refractivity contribution in [2.24, 2.45) is 0 Å². The van der Waals surface area contributed by atoms with Crippen LogP contribution in [0.4, 0.5) is 0 Å². The summed E-state index contributed by atoms with van der Waals surface area (Å²) >= 11 is 5.92. The average molecular weight is 350 g/mol. The predicted molar refractivity (Wildman–Crippen MR) is 91.1 cm³/mol. The Hall–Kier alpha value is -2.01. The zero-order chi connectivity index (χ0) is 17.1. The molecule has 2 aromatic rings. The monoisotopic (exact) mass is 349 g/mol. The lowest BCUT2D eigenvalue weighted by atomic mass is 9.95. The van der Waals surface area contributed by atoms with Crippen LogP contribution in [0.1, 0.15) is 49.6 Å². The van der Waals surface area contributed by atoms with Crippen LogP contribution in [0, 0.1) is 0 Å². The molecule has 1 aromatic heterocycles. The molecule has 1 amide bonds. The van der Waals surface area contributed by atoms with Crippen LogP contribution in [0.15, 0.2) is 28.7 Å². The molecule has 128 valence electrons. The highest BCUT2D eigenvalue weighted by Crippen LogP contribution is 2.24. The first-order valence-corrected chi connectivity index (χ1v) is 8.61. The minimum Gasteiger partial charge on any atom is -0.449 e. The lowest BCUT2D eigenvalue weighted by Gasteiger charge is -2.24. The van der Waals surface area contributed by atoms with Gasteiger partial charge in [0, 0.05) is 16.5 Å². The van der Waals surface area contributed by atoms with Gasteiger partial charge in [-0.3, -0.25) is 4.79 Å². The molecule has 0 radical (unpaired) electrons. The van der Waals surface area contributed by atoms with Gasteiger partial charge in [0.25, 0.3) is 5.91 Å². The molecule has 0 bridgehead atoms. The van der Waals surface area contributed by atoms with Crippen LogP contribution in [-0.4, -0.2) is 24.0 Å². The minimum atomic E-state index is -0.865. The van der Waals surface area contributed by atoms with Gasteiger partial charge in [0.05, 0.1) is 0 Å². The molecule has 1 heterocycles. The van der Waals surface area contributed by atoms with Crippen LogP contribution < -0.4 is 5.32 Å². The van der Waals surface area contributed by atoms with Gasteiger partial charge in [-0.15, -0.1) is 0 Å². The van der Waals surface area contributed by atoms with E-state index in [1.807, 2.05) is 0 Å². The Labute approximate surface area is 145 Å². The summed E-state index contributed by atoms with van der Waals surface area (Å²) in [5, 5.41) is 4.22. The van der Waals surface area contributed by atoms with Gasteiger partial charge in [-0.05, 0) is 44.0 Å². The minimum absolute atomic E-state index is 0.0598. The molecular formula is C18H20ClNO4. The number of hydrogen-bond donors (Lipinski definition) is 1. The van der Waals surface area contributed by atoms with E-state index in [9.17, 15) is 9.59 Å². The molecule has 5 nitrogen and oxygen atoms in total. The molecule has 0 spiro atoms. The van der Waals surface area contributed by atoms with Gasteiger partial charge in [-0.25, -0.2) is 4.79 Å². The van der Waals surface area contributed by atoms with Crippen molar-refractivity contribution in [2.45, 2.75) is 51.2 Å². The zero-order valence-electron chi connectivity index (χ0n) is 13.5. The van der Waals surface area contributed by atoms with E-state index in [1.165, 1.54) is 6.42 Å². The van der Waals surface area contributed by atoms with E-state index < -0.39 is 12.1 Å². The first-order chi connectivity index (χ1) is 11.5. The molecule has 0 unspecified atom stereocenters. The van der Waals surface area contributed by atoms with E-state index in [1.54, 1.807) is 31.2 Å². The molecule has 1 aliphatic rings. The summed E-state index contributed by atoms with van der Waals surface area (Å²) in [6, 6.07) is 6.82. The molecular weight excluding hydrogens is 330 g/mol. The number of nitrogens with one attached hydrogen (secondary N) is 1. The number of furan rings is 1. The Morgan fingerprint density at radius 2 is 2.00 bits per heavy atom. The van der Waals surface area contributed by atoms with Gasteiger partial charge < -0.3 is 14.5 Å². The molecule has 0 aliphatic heterocycles. The first-order valence-electron chi connectivity index (χ1n) is 8.23. The molecule has 1 aliphatic carbocycles. The van der Waals surface area contributed by atoms with Crippen molar-refractivity contribution in [3.63, 3.8) is 0 Å². The number of amides is 1. The number of halogens is 1. The number of fused-ring (bicyclic) bond motifs is 1. The van der Waals surface area contributed by atoms with Crippen molar-refractivity contribution in [2.75, 3.05) is 0 Å². The quantitative estimate of drug-likeness (QED) is 0.844. The third-order valence-corrected chi connectivity index (χ3v) is 4.52. The molecule has 1 aromatic carbocycles. The van der Waals surface area contributed by atoms with Crippen molar-refractivity contribution >= 4 is 34.4 Å². The van der Waals surface area contributed by atoms with Crippen molar-refractivity contribution < 1.29 is 18.7 Å². The second-order valence-corrected chi connectivity index (χ2v) is 6.62. The number of carbonyl (C=O) groups is 2. The summed E-state index contributed by atoms with van der Waals surface area (Å²) in [4.78, 5) is 24.3. The van der Waals surface area contributed by atoms with Crippen molar-refractivity contribution in [3.05, 3.63) is 35.0 Å². The number of rotatable bonds is 4. The standard InChI is InChI=1S/C18H20ClNO4/c1-11(17(21)20-14-5-3-2-4-6-14)23-18(22)16-10-12-9-13(19)7-8-15(12)24-16/h7-11,14H,2-6H2,1H3,(H,20,21)/t11-/m0/s1. The van der Waals surface area contributed by atoms with Crippen molar-refractivity contribution in [1.82, 2.24) is 5.32 Å². The second-order valence-electron chi connectivity index (χ2n) is 6.18. The van der Waals surface area contributed by atoms with E-state index in [0.29, 0.717) is 16.0 Å². The zero-order valence-corrected chi connectivity index (χ0v) is 14.3. The maximum Gasteiger partial charge on any atom is 0.375 e. The Kier molecular flexibility index (Phi) is 5.09. The topological polar surface area (TPSA) is 68.5 Å². The summed E-state index contributed by atoms with van der Waals surface area (Å²) in [5.74, 6) is -0.868. The van der Waals surface area contributed by atoms with Gasteiger partial charge >= 0.3 is 5.97 Å². The van der Waals surface area contributed by atoms with E-state index in [-0.39, 0.29) is 17.7 Å². The lowest BCUT2D eigenvalue weighted by molar-refractivity contribution is -0.130. The smallest absolute Gasteiger partial charge is 0.375 e. The third kappa shape index (κ3) is 3.90. The summed E-state index contributed by atoms with van der Waals surface area (Å²) < 4.78 is 10.7. The summed E-state index contributed by atoms with van der Waals surface area (Å²) in [6.45, 7) is 1.57. The maximum atomic E-state index is 12.2. The third-order valence-electron chi connectivity index (χ3n) is 4.28. The first kappa shape index (κ1) is 16.8. The Balaban J connectivity index is 1.60. The second kappa shape index (κ2) is 7.26. The Morgan fingerprint density at radius 3 is 2.75 bits per heavy atom. The highest BCUT2D eigenvalue weighted by Gasteiger charge is 2.24. The molecule has 1 fully saturated rings. The van der Waals surface area contributed by atoms with Gasteiger partial charge in [-0.1, -0.05) is 30.9 Å². The number of ether oxygens (including phenoxy) is 1. The van der Waals surface area contributed by atoms with Crippen LogP contribution in [0.25, 0.3) is 11.0 Å². The van der Waals surface area contributed by atoms with Crippen LogP contribution in [0.2, 0.25) is 5.02 Å². The van der Waals surface area contributed by atoms with Gasteiger partial charge in [-0.2, -0.15) is 0 Å². The predicted octanol–water partition coefficient (Wildman–Crippen LogP) is 4.08. The normalized spacial score (nSPS) is 16.8. The highest BCUT2D eigenvalue weighted by molar-refractivity contribution is 6.31. The largest absolute Gasteiger partial charge is 0.449 e. The van der Waals surface area contributed by atoms with Gasteiger partial charge in [0.15, 0.2) is 6.10 Å². The SMILES string of the molecule is C[C@H](OC(=O)c1cc2cc(Cl)ccc2o1)C(=O)NC1CCCCC1. The number of esters is 1. The molecule has 24 heavy (non-hydrogen) atoms. The van der Waals surface area contributed by atoms with E-state index in [2.05, 4.69) is 5.32 Å². The lowest BCUT2D eigenvalue weighted by Crippen LogP contribution is -2.42. The van der Waals surface area contributed by atoms with Gasteiger partial charge in [0.2, 0.25) is 5.76 Å².